The summed E-state index contributed by atoms with van der Waals surface area (Å²) in [6.45, 7) is 5.82. The quantitative estimate of drug-likeness (QED) is 0.0174. The minimum absolute atomic E-state index is 0. The van der Waals surface area contributed by atoms with Gasteiger partial charge in [-0.15, -0.1) is 0 Å². The number of ether oxygens (including phenoxy) is 2. The van der Waals surface area contributed by atoms with Crippen LogP contribution in [0.5, 0.6) is 17.2 Å². The van der Waals surface area contributed by atoms with Crippen LogP contribution in [0, 0.1) is 0 Å². The van der Waals surface area contributed by atoms with E-state index in [1.54, 1.807) is 42.5 Å². The van der Waals surface area contributed by atoms with Crippen molar-refractivity contribution in [3.8, 4) is 17.2 Å². The molecular formula is C63H91N2O11+. The smallest absolute Gasteiger partial charge is 0.339 e. The number of aliphatic hydroxyl groups is 4. The molecule has 11 N–H and O–H groups in total. The molecule has 0 aliphatic heterocycles. The lowest BCUT2D eigenvalue weighted by atomic mass is 10.1. The van der Waals surface area contributed by atoms with E-state index >= 15 is 0 Å². The summed E-state index contributed by atoms with van der Waals surface area (Å²) in [4.78, 5) is 10.7. The Labute approximate surface area is 453 Å². The van der Waals surface area contributed by atoms with Crippen LogP contribution < -0.4 is 10.6 Å². The highest BCUT2D eigenvalue weighted by Crippen LogP contribution is 2.28. The van der Waals surface area contributed by atoms with Crippen molar-refractivity contribution in [3.63, 3.8) is 0 Å². The Morgan fingerprint density at radius 3 is 1.53 bits per heavy atom. The summed E-state index contributed by atoms with van der Waals surface area (Å²) in [5.41, 5.74) is 5.05. The van der Waals surface area contributed by atoms with E-state index in [4.69, 9.17) is 14.6 Å². The maximum Gasteiger partial charge on any atom is 0.339 e. The third kappa shape index (κ3) is 26.3. The zero-order valence-electron chi connectivity index (χ0n) is 43.2. The van der Waals surface area contributed by atoms with Crippen molar-refractivity contribution in [3.05, 3.63) is 172 Å². The van der Waals surface area contributed by atoms with E-state index in [-0.39, 0.29) is 50.9 Å². The van der Waals surface area contributed by atoms with Gasteiger partial charge in [-0.2, -0.15) is 0 Å². The van der Waals surface area contributed by atoms with Gasteiger partial charge in [0.1, 0.15) is 35.5 Å². The van der Waals surface area contributed by atoms with Gasteiger partial charge in [0.05, 0.1) is 25.9 Å². The predicted octanol–water partition coefficient (Wildman–Crippen LogP) is 10.7. The summed E-state index contributed by atoms with van der Waals surface area (Å²) in [6, 6.07) is 41.1. The first-order valence-corrected chi connectivity index (χ1v) is 26.5. The summed E-state index contributed by atoms with van der Waals surface area (Å²) in [5.74, 6) is -1.17. The number of unbranched alkanes of at least 4 members (excludes halogenated alkanes) is 8. The van der Waals surface area contributed by atoms with Crippen molar-refractivity contribution >= 4 is 16.7 Å². The number of aryl methyl sites for hydroxylation is 2. The lowest BCUT2D eigenvalue weighted by Crippen LogP contribution is -2.85. The van der Waals surface area contributed by atoms with Gasteiger partial charge >= 0.3 is 5.97 Å². The van der Waals surface area contributed by atoms with E-state index < -0.39 is 18.2 Å². The molecule has 0 saturated heterocycles. The topological polar surface area (TPSA) is 226 Å². The van der Waals surface area contributed by atoms with E-state index in [9.17, 15) is 40.5 Å². The van der Waals surface area contributed by atoms with Gasteiger partial charge in [-0.3, -0.25) is 0 Å². The molecule has 0 aromatic heterocycles. The number of carbonyl (C=O) groups is 1. The van der Waals surface area contributed by atoms with Crippen LogP contribution >= 0.6 is 0 Å². The first kappa shape index (κ1) is 66.2. The molecule has 0 spiro atoms. The highest BCUT2D eigenvalue weighted by Gasteiger charge is 2.14. The fourth-order valence-corrected chi connectivity index (χ4v) is 8.29. The number of hydrogen-bond acceptors (Lipinski definition) is 11. The van der Waals surface area contributed by atoms with E-state index in [1.807, 2.05) is 12.1 Å². The van der Waals surface area contributed by atoms with Crippen LogP contribution in [0.4, 0.5) is 0 Å². The van der Waals surface area contributed by atoms with Gasteiger partial charge in [0.15, 0.2) is 0 Å². The number of carboxylic acid groups (broad SMARTS) is 1. The molecule has 2 atom stereocenters. The highest BCUT2D eigenvalue weighted by molar-refractivity contribution is 6.00. The monoisotopic (exact) mass is 1050 g/mol. The summed E-state index contributed by atoms with van der Waals surface area (Å²) < 4.78 is 11.5. The average molecular weight is 1050 g/mol. The molecule has 0 heterocycles. The number of rotatable bonds is 33. The Kier molecular flexibility index (Phi) is 35.2. The van der Waals surface area contributed by atoms with E-state index in [2.05, 4.69) is 71.3 Å². The molecule has 13 nitrogen and oxygen atoms in total. The molecule has 0 radical (unpaired) electrons. The SMILES string of the molecule is C.C.O=C(O)c1ccc2ccccc2c1O.OCc1cc(C(O)CNCCCCCCOCCCCc2ccccc2)ccc1O.OCc1cc(C(O)C[NH2+]CCCCCCOCCCCc2ccccc2)ccc1O. The summed E-state index contributed by atoms with van der Waals surface area (Å²) in [5, 5.41) is 83.2. The number of quaternary nitrogens is 1. The van der Waals surface area contributed by atoms with Crippen molar-refractivity contribution < 1.29 is 60.4 Å². The van der Waals surface area contributed by atoms with Crippen LogP contribution in [0.1, 0.15) is 148 Å². The van der Waals surface area contributed by atoms with Gasteiger partial charge in [0, 0.05) is 49.5 Å². The molecule has 2 unspecified atom stereocenters. The normalized spacial score (nSPS) is 11.5. The molecule has 0 aliphatic carbocycles. The molecular weight excluding hydrogens is 961 g/mol. The summed E-state index contributed by atoms with van der Waals surface area (Å²) in [7, 11) is 0. The summed E-state index contributed by atoms with van der Waals surface area (Å²) >= 11 is 0. The lowest BCUT2D eigenvalue weighted by Gasteiger charge is -2.14. The molecule has 418 valence electrons. The van der Waals surface area contributed by atoms with Gasteiger partial charge < -0.3 is 61.0 Å². The number of aliphatic hydroxyl groups excluding tert-OH is 4. The van der Waals surface area contributed by atoms with Crippen molar-refractivity contribution in [2.75, 3.05) is 52.6 Å². The van der Waals surface area contributed by atoms with Gasteiger partial charge in [0.2, 0.25) is 0 Å². The first-order valence-electron chi connectivity index (χ1n) is 26.5. The lowest BCUT2D eigenvalue weighted by molar-refractivity contribution is -0.662. The Morgan fingerprint density at radius 1 is 0.526 bits per heavy atom. The van der Waals surface area contributed by atoms with Crippen LogP contribution in [0.3, 0.4) is 0 Å². The Hall–Kier alpha value is -5.87. The Balaban J connectivity index is 0.000000408. The van der Waals surface area contributed by atoms with Crippen molar-refractivity contribution in [1.29, 1.82) is 0 Å². The number of nitrogens with one attached hydrogen (secondary N) is 1. The number of phenols is 3. The molecule has 0 fully saturated rings. The van der Waals surface area contributed by atoms with Gasteiger partial charge in [-0.05, 0) is 135 Å². The maximum atomic E-state index is 10.7. The molecule has 0 aliphatic rings. The largest absolute Gasteiger partial charge is 0.508 e. The highest BCUT2D eigenvalue weighted by atomic mass is 16.5. The van der Waals surface area contributed by atoms with Crippen LogP contribution in [-0.4, -0.2) is 99.4 Å². The minimum Gasteiger partial charge on any atom is -0.508 e. The fraction of sp³-hybridized carbons (Fsp3) is 0.444. The molecule has 13 heteroatoms. The van der Waals surface area contributed by atoms with Gasteiger partial charge in [-0.1, -0.05) is 137 Å². The minimum atomic E-state index is -1.12. The molecule has 0 amide bonds. The standard InChI is InChI=1S/2C25H37NO4.C11H8O3.2CH4/c2*27-20-23-18-22(13-14-24(23)28)25(29)19-26-15-7-1-2-8-16-30-17-9-6-12-21-10-4-3-5-11-21;12-10-8-4-2-1-3-7(8)5-6-9(10)11(13)14;;/h2*3-5,10-11,13-14,18,25-29H,1-2,6-9,12,15-17,19-20H2;1-6,12H,(H,13,14);2*1H4/p+1. The zero-order valence-corrected chi connectivity index (χ0v) is 43.2. The molecule has 6 rings (SSSR count). The molecule has 6 aromatic rings. The molecule has 76 heavy (non-hydrogen) atoms. The van der Waals surface area contributed by atoms with Crippen LogP contribution in [0.2, 0.25) is 0 Å². The second-order valence-electron chi connectivity index (χ2n) is 18.6. The third-order valence-electron chi connectivity index (χ3n) is 12.7. The number of benzene rings is 6. The fourth-order valence-electron chi connectivity index (χ4n) is 8.29. The maximum absolute atomic E-state index is 10.7. The number of carboxylic acids is 1. The third-order valence-corrected chi connectivity index (χ3v) is 12.7. The van der Waals surface area contributed by atoms with Gasteiger partial charge in [-0.25, -0.2) is 4.79 Å². The van der Waals surface area contributed by atoms with Crippen molar-refractivity contribution in [1.82, 2.24) is 5.32 Å². The number of fused-ring (bicyclic) bond motifs is 1. The number of aromatic carboxylic acids is 1. The van der Waals surface area contributed by atoms with Gasteiger partial charge in [0.25, 0.3) is 0 Å². The van der Waals surface area contributed by atoms with Crippen LogP contribution in [-0.2, 0) is 35.5 Å². The van der Waals surface area contributed by atoms with E-state index in [1.165, 1.54) is 55.0 Å². The Bertz CT molecular complexity index is 2300. The van der Waals surface area contributed by atoms with Crippen molar-refractivity contribution in [2.24, 2.45) is 0 Å². The van der Waals surface area contributed by atoms with Crippen molar-refractivity contribution in [2.45, 2.75) is 130 Å². The van der Waals surface area contributed by atoms with Crippen LogP contribution in [0.25, 0.3) is 10.8 Å². The molecule has 0 bridgehead atoms. The number of nitrogens with two attached hydrogens (primary N) is 1. The zero-order chi connectivity index (χ0) is 53.0. The second-order valence-corrected chi connectivity index (χ2v) is 18.6. The van der Waals surface area contributed by atoms with E-state index in [0.29, 0.717) is 35.2 Å². The average Bonchev–Trinajstić information content (AvgIpc) is 3.42. The predicted molar refractivity (Wildman–Crippen MR) is 306 cm³/mol. The second kappa shape index (κ2) is 40.4. The molecule has 0 saturated carbocycles. The Morgan fingerprint density at radius 2 is 1.00 bits per heavy atom. The number of hydrogen-bond donors (Lipinski definition) is 10. The molecule has 6 aromatic carbocycles. The summed E-state index contributed by atoms with van der Waals surface area (Å²) in [6.07, 6.45) is 14.7. The van der Waals surface area contributed by atoms with Crippen LogP contribution in [0.15, 0.2) is 133 Å². The number of aromatic hydroxyl groups is 3. The van der Waals surface area contributed by atoms with E-state index in [0.717, 1.165) is 115 Å². The first-order chi connectivity index (χ1) is 36.1.